The van der Waals surface area contributed by atoms with Crippen molar-refractivity contribution in [2.75, 3.05) is 12.4 Å². The lowest BCUT2D eigenvalue weighted by Gasteiger charge is -2.36. The Labute approximate surface area is 128 Å². The first kappa shape index (κ1) is 14.8. The van der Waals surface area contributed by atoms with E-state index in [-0.39, 0.29) is 11.4 Å². The van der Waals surface area contributed by atoms with Gasteiger partial charge >= 0.3 is 5.97 Å². The van der Waals surface area contributed by atoms with Crippen LogP contribution < -0.4 is 0 Å². The summed E-state index contributed by atoms with van der Waals surface area (Å²) < 4.78 is 7.98. The molecule has 1 atom stereocenters. The molecule has 0 aromatic carbocycles. The smallest absolute Gasteiger partial charge is 0.313 e. The number of hydrogen-bond acceptors (Lipinski definition) is 5. The van der Waals surface area contributed by atoms with Crippen LogP contribution in [0.5, 0.6) is 0 Å². The molecule has 3 rings (SSSR count). The Kier molecular flexibility index (Phi) is 3.96. The predicted octanol–water partition coefficient (Wildman–Crippen LogP) is 2.46. The molecule has 1 aliphatic carbocycles. The molecular weight excluding hydrogens is 290 g/mol. The van der Waals surface area contributed by atoms with Crippen molar-refractivity contribution in [3.8, 4) is 0 Å². The number of carboxylic acid groups (broad SMARTS) is 1. The normalized spacial score (nSPS) is 25.0. The number of nitrogens with zero attached hydrogens (tertiary/aromatic N) is 3. The van der Waals surface area contributed by atoms with E-state index < -0.39 is 5.97 Å². The fraction of sp³-hybridized carbons (Fsp3) is 0.786. The third-order valence-corrected chi connectivity index (χ3v) is 4.92. The van der Waals surface area contributed by atoms with E-state index in [1.807, 2.05) is 0 Å². The molecule has 1 unspecified atom stereocenters. The molecule has 0 bridgehead atoms. The van der Waals surface area contributed by atoms with Crippen molar-refractivity contribution in [2.45, 2.75) is 62.2 Å². The van der Waals surface area contributed by atoms with Gasteiger partial charge in [0.05, 0.1) is 11.4 Å². The Morgan fingerprint density at radius 2 is 2.19 bits per heavy atom. The molecule has 21 heavy (non-hydrogen) atoms. The van der Waals surface area contributed by atoms with Crippen molar-refractivity contribution >= 4 is 17.7 Å². The minimum Gasteiger partial charge on any atom is -0.481 e. The Morgan fingerprint density at radius 1 is 1.43 bits per heavy atom. The van der Waals surface area contributed by atoms with Crippen molar-refractivity contribution in [3.05, 3.63) is 5.82 Å². The molecule has 2 aliphatic rings. The van der Waals surface area contributed by atoms with E-state index in [0.717, 1.165) is 43.3 Å². The molecule has 0 amide bonds. The lowest BCUT2D eigenvalue weighted by molar-refractivity contribution is -0.133. The van der Waals surface area contributed by atoms with Crippen molar-refractivity contribution in [3.63, 3.8) is 0 Å². The summed E-state index contributed by atoms with van der Waals surface area (Å²) in [4.78, 5) is 10.8. The number of thioether (sulfide) groups is 1. The van der Waals surface area contributed by atoms with Gasteiger partial charge in [0.15, 0.2) is 5.16 Å². The standard InChI is InChI=1S/C14H21N3O3S/c1-14(2)7-10(5-6-20-14)17-12(9-3-4-9)15-16-13(17)21-8-11(18)19/h9-10H,3-8H2,1-2H3,(H,18,19). The SMILES string of the molecule is CC1(C)CC(n2c(SCC(=O)O)nnc2C2CC2)CCO1. The molecule has 6 nitrogen and oxygen atoms in total. The van der Waals surface area contributed by atoms with Crippen LogP contribution in [0.4, 0.5) is 0 Å². The predicted molar refractivity (Wildman–Crippen MR) is 78.7 cm³/mol. The zero-order chi connectivity index (χ0) is 15.0. The van der Waals surface area contributed by atoms with Crippen LogP contribution in [-0.2, 0) is 9.53 Å². The fourth-order valence-corrected chi connectivity index (χ4v) is 3.63. The number of carbonyl (C=O) groups is 1. The van der Waals surface area contributed by atoms with Crippen molar-refractivity contribution in [2.24, 2.45) is 0 Å². The van der Waals surface area contributed by atoms with Gasteiger partial charge in [-0.2, -0.15) is 0 Å². The summed E-state index contributed by atoms with van der Waals surface area (Å²) in [6.45, 7) is 4.93. The Hall–Kier alpha value is -1.08. The fourth-order valence-electron chi connectivity index (χ4n) is 2.90. The van der Waals surface area contributed by atoms with Gasteiger partial charge < -0.3 is 14.4 Å². The second-order valence-corrected chi connectivity index (χ2v) is 7.36. The summed E-state index contributed by atoms with van der Waals surface area (Å²) in [7, 11) is 0. The highest BCUT2D eigenvalue weighted by Gasteiger charge is 2.36. The Morgan fingerprint density at radius 3 is 2.81 bits per heavy atom. The van der Waals surface area contributed by atoms with Crippen LogP contribution in [0, 0.1) is 0 Å². The van der Waals surface area contributed by atoms with Gasteiger partial charge in [-0.25, -0.2) is 0 Å². The second kappa shape index (κ2) is 5.61. The lowest BCUT2D eigenvalue weighted by Crippen LogP contribution is -2.35. The van der Waals surface area contributed by atoms with E-state index >= 15 is 0 Å². The largest absolute Gasteiger partial charge is 0.481 e. The average molecular weight is 311 g/mol. The minimum absolute atomic E-state index is 0.0232. The number of aromatic nitrogens is 3. The highest BCUT2D eigenvalue weighted by Crippen LogP contribution is 2.43. The van der Waals surface area contributed by atoms with Crippen LogP contribution >= 0.6 is 11.8 Å². The van der Waals surface area contributed by atoms with Gasteiger partial charge in [-0.05, 0) is 39.5 Å². The zero-order valence-corrected chi connectivity index (χ0v) is 13.2. The molecule has 1 aliphatic heterocycles. The molecule has 0 spiro atoms. The molecule has 1 saturated heterocycles. The van der Waals surface area contributed by atoms with Gasteiger partial charge in [0.2, 0.25) is 0 Å². The summed E-state index contributed by atoms with van der Waals surface area (Å²) >= 11 is 1.26. The second-order valence-electron chi connectivity index (χ2n) is 6.42. The van der Waals surface area contributed by atoms with Crippen LogP contribution in [0.1, 0.15) is 57.3 Å². The molecule has 0 radical (unpaired) electrons. The van der Waals surface area contributed by atoms with Gasteiger partial charge in [0, 0.05) is 18.6 Å². The quantitative estimate of drug-likeness (QED) is 0.842. The van der Waals surface area contributed by atoms with E-state index in [4.69, 9.17) is 9.84 Å². The number of rotatable bonds is 5. The molecular formula is C14H21N3O3S. The van der Waals surface area contributed by atoms with Crippen LogP contribution in [-0.4, -0.2) is 43.8 Å². The van der Waals surface area contributed by atoms with Crippen LogP contribution in [0.3, 0.4) is 0 Å². The Bertz CT molecular complexity index is 540. The summed E-state index contributed by atoms with van der Waals surface area (Å²) in [5.41, 5.74) is -0.150. The van der Waals surface area contributed by atoms with E-state index in [0.29, 0.717) is 12.0 Å². The highest BCUT2D eigenvalue weighted by atomic mass is 32.2. The summed E-state index contributed by atoms with van der Waals surface area (Å²) in [5, 5.41) is 18.2. The van der Waals surface area contributed by atoms with Gasteiger partial charge in [-0.15, -0.1) is 10.2 Å². The van der Waals surface area contributed by atoms with E-state index in [9.17, 15) is 4.79 Å². The highest BCUT2D eigenvalue weighted by molar-refractivity contribution is 7.99. The number of ether oxygens (including phenoxy) is 1. The first-order valence-corrected chi connectivity index (χ1v) is 8.38. The van der Waals surface area contributed by atoms with E-state index in [1.54, 1.807) is 0 Å². The van der Waals surface area contributed by atoms with Crippen LogP contribution in [0.2, 0.25) is 0 Å². The minimum atomic E-state index is -0.824. The number of carboxylic acids is 1. The van der Waals surface area contributed by atoms with Gasteiger partial charge in [0.25, 0.3) is 0 Å². The molecule has 116 valence electrons. The van der Waals surface area contributed by atoms with Crippen molar-refractivity contribution < 1.29 is 14.6 Å². The van der Waals surface area contributed by atoms with Crippen LogP contribution in [0.25, 0.3) is 0 Å². The van der Waals surface area contributed by atoms with Crippen molar-refractivity contribution in [1.29, 1.82) is 0 Å². The monoisotopic (exact) mass is 311 g/mol. The van der Waals surface area contributed by atoms with Gasteiger partial charge in [-0.3, -0.25) is 4.79 Å². The third kappa shape index (κ3) is 3.40. The van der Waals surface area contributed by atoms with E-state index in [1.165, 1.54) is 11.8 Å². The average Bonchev–Trinajstić information content (AvgIpc) is 3.15. The molecule has 1 N–H and O–H groups in total. The summed E-state index contributed by atoms with van der Waals surface area (Å²) in [5.74, 6) is 0.734. The zero-order valence-electron chi connectivity index (χ0n) is 12.4. The third-order valence-electron chi connectivity index (χ3n) is 3.99. The molecule has 1 saturated carbocycles. The Balaban J connectivity index is 1.86. The number of hydrogen-bond donors (Lipinski definition) is 1. The molecule has 2 heterocycles. The maximum absolute atomic E-state index is 10.8. The molecule has 7 heteroatoms. The maximum atomic E-state index is 10.8. The molecule has 1 aromatic rings. The van der Waals surface area contributed by atoms with Gasteiger partial charge in [0.1, 0.15) is 5.82 Å². The summed E-state index contributed by atoms with van der Waals surface area (Å²) in [6, 6.07) is 0.302. The maximum Gasteiger partial charge on any atom is 0.313 e. The van der Waals surface area contributed by atoms with Gasteiger partial charge in [-0.1, -0.05) is 11.8 Å². The lowest BCUT2D eigenvalue weighted by atomic mass is 9.93. The first-order chi connectivity index (χ1) is 9.96. The van der Waals surface area contributed by atoms with Crippen LogP contribution in [0.15, 0.2) is 5.16 Å². The topological polar surface area (TPSA) is 77.2 Å². The number of aliphatic carboxylic acids is 1. The summed E-state index contributed by atoms with van der Waals surface area (Å²) in [6.07, 6.45) is 4.16. The molecule has 1 aromatic heterocycles. The first-order valence-electron chi connectivity index (χ1n) is 7.39. The van der Waals surface area contributed by atoms with E-state index in [2.05, 4.69) is 28.6 Å². The molecule has 2 fully saturated rings. The van der Waals surface area contributed by atoms with Crippen molar-refractivity contribution in [1.82, 2.24) is 14.8 Å².